The Hall–Kier alpha value is -3.28. The van der Waals surface area contributed by atoms with Crippen LogP contribution in [0.2, 0.25) is 0 Å². The number of H-pyrrole nitrogens is 2. The number of hydrogen-bond donors (Lipinski definition) is 2. The van der Waals surface area contributed by atoms with Crippen LogP contribution in [0, 0.1) is 12.7 Å². The van der Waals surface area contributed by atoms with Gasteiger partial charge in [-0.15, -0.1) is 0 Å². The predicted molar refractivity (Wildman–Crippen MR) is 99.7 cm³/mol. The molecule has 2 N–H and O–H groups in total. The Morgan fingerprint density at radius 1 is 1.00 bits per heavy atom. The zero-order chi connectivity index (χ0) is 18.4. The number of aromatic amines is 2. The summed E-state index contributed by atoms with van der Waals surface area (Å²) in [4.78, 5) is 18.7. The average molecular weight is 352 g/mol. The minimum Gasteiger partial charge on any atom is -0.497 e. The number of nitrogens with one attached hydrogen (secondary N) is 2. The molecule has 0 bridgehead atoms. The molecule has 0 fully saturated rings. The number of fused-ring (bicyclic) bond motifs is 3. The van der Waals surface area contributed by atoms with E-state index in [0.717, 1.165) is 10.9 Å². The van der Waals surface area contributed by atoms with Gasteiger partial charge in [0.25, 0.3) is 5.56 Å². The van der Waals surface area contributed by atoms with E-state index in [-0.39, 0.29) is 11.3 Å². The molecule has 6 heteroatoms. The van der Waals surface area contributed by atoms with Crippen molar-refractivity contribution in [3.05, 3.63) is 58.1 Å². The zero-order valence-corrected chi connectivity index (χ0v) is 14.6. The van der Waals surface area contributed by atoms with Crippen LogP contribution in [0.15, 0.2) is 41.2 Å². The SMILES string of the molecule is COc1ccc2[nH]c3c(-c4cccc(OC)c4F)c(C)c(=O)[nH]c3c2c1. The van der Waals surface area contributed by atoms with Gasteiger partial charge in [0, 0.05) is 27.6 Å². The van der Waals surface area contributed by atoms with Gasteiger partial charge in [-0.2, -0.15) is 0 Å². The van der Waals surface area contributed by atoms with E-state index in [9.17, 15) is 9.18 Å². The highest BCUT2D eigenvalue weighted by atomic mass is 19.1. The first-order valence-corrected chi connectivity index (χ1v) is 8.10. The molecule has 26 heavy (non-hydrogen) atoms. The molecule has 132 valence electrons. The number of methoxy groups -OCH3 is 2. The predicted octanol–water partition coefficient (Wildman–Crippen LogP) is 4.14. The summed E-state index contributed by atoms with van der Waals surface area (Å²) in [5.74, 6) is 0.309. The molecule has 0 atom stereocenters. The van der Waals surface area contributed by atoms with E-state index in [0.29, 0.717) is 33.5 Å². The normalized spacial score (nSPS) is 11.2. The topological polar surface area (TPSA) is 67.1 Å². The smallest absolute Gasteiger partial charge is 0.252 e. The second-order valence-corrected chi connectivity index (χ2v) is 6.06. The maximum atomic E-state index is 14.9. The van der Waals surface area contributed by atoms with E-state index in [1.807, 2.05) is 18.2 Å². The Morgan fingerprint density at radius 3 is 2.54 bits per heavy atom. The lowest BCUT2D eigenvalue weighted by Gasteiger charge is -2.11. The molecule has 2 aromatic heterocycles. The van der Waals surface area contributed by atoms with Gasteiger partial charge in [-0.1, -0.05) is 12.1 Å². The highest BCUT2D eigenvalue weighted by Gasteiger charge is 2.20. The fourth-order valence-corrected chi connectivity index (χ4v) is 3.32. The quantitative estimate of drug-likeness (QED) is 0.582. The summed E-state index contributed by atoms with van der Waals surface area (Å²) in [6.07, 6.45) is 0. The minimum absolute atomic E-state index is 0.133. The van der Waals surface area contributed by atoms with Crippen molar-refractivity contribution in [1.29, 1.82) is 0 Å². The second-order valence-electron chi connectivity index (χ2n) is 6.06. The van der Waals surface area contributed by atoms with Crippen LogP contribution in [0.4, 0.5) is 4.39 Å². The lowest BCUT2D eigenvalue weighted by molar-refractivity contribution is 0.387. The third-order valence-electron chi connectivity index (χ3n) is 4.66. The lowest BCUT2D eigenvalue weighted by atomic mass is 9.99. The van der Waals surface area contributed by atoms with Gasteiger partial charge in [0.05, 0.1) is 25.3 Å². The largest absolute Gasteiger partial charge is 0.497 e. The zero-order valence-electron chi connectivity index (χ0n) is 14.6. The number of halogens is 1. The molecule has 4 aromatic rings. The van der Waals surface area contributed by atoms with Gasteiger partial charge in [0.2, 0.25) is 0 Å². The summed E-state index contributed by atoms with van der Waals surface area (Å²) in [7, 11) is 3.00. The molecule has 0 radical (unpaired) electrons. The van der Waals surface area contributed by atoms with Crippen molar-refractivity contribution >= 4 is 21.9 Å². The van der Waals surface area contributed by atoms with Crippen molar-refractivity contribution in [1.82, 2.24) is 9.97 Å². The van der Waals surface area contributed by atoms with E-state index in [2.05, 4.69) is 9.97 Å². The molecular formula is C20H17FN2O3. The molecule has 0 aliphatic carbocycles. The lowest BCUT2D eigenvalue weighted by Crippen LogP contribution is -2.11. The van der Waals surface area contributed by atoms with E-state index < -0.39 is 5.82 Å². The van der Waals surface area contributed by atoms with Crippen molar-refractivity contribution in [2.45, 2.75) is 6.92 Å². The minimum atomic E-state index is -0.499. The highest BCUT2D eigenvalue weighted by Crippen LogP contribution is 2.37. The van der Waals surface area contributed by atoms with Gasteiger partial charge < -0.3 is 19.4 Å². The maximum Gasteiger partial charge on any atom is 0.252 e. The molecule has 2 aromatic carbocycles. The van der Waals surface area contributed by atoms with Crippen LogP contribution in [-0.2, 0) is 0 Å². The van der Waals surface area contributed by atoms with Crippen LogP contribution < -0.4 is 15.0 Å². The first kappa shape index (κ1) is 16.2. The van der Waals surface area contributed by atoms with E-state index in [1.54, 1.807) is 32.2 Å². The number of benzene rings is 2. The Balaban J connectivity index is 2.16. The van der Waals surface area contributed by atoms with Crippen LogP contribution in [0.1, 0.15) is 5.56 Å². The fraction of sp³-hybridized carbons (Fsp3) is 0.150. The average Bonchev–Trinajstić information content (AvgIpc) is 3.00. The number of rotatable bonds is 3. The monoisotopic (exact) mass is 352 g/mol. The van der Waals surface area contributed by atoms with Crippen molar-refractivity contribution in [3.8, 4) is 22.6 Å². The maximum absolute atomic E-state index is 14.9. The molecule has 0 saturated heterocycles. The standard InChI is InChI=1S/C20H17FN2O3/c1-10-16(12-5-4-6-15(26-3)17(12)21)19-18(23-20(10)24)13-9-11(25-2)7-8-14(13)22-19/h4-9,22H,1-3H3,(H,23,24). The third kappa shape index (κ3) is 2.26. The highest BCUT2D eigenvalue weighted by molar-refractivity contribution is 6.10. The molecule has 4 rings (SSSR count). The van der Waals surface area contributed by atoms with E-state index in [1.165, 1.54) is 7.11 Å². The van der Waals surface area contributed by atoms with Gasteiger partial charge in [0.15, 0.2) is 11.6 Å². The summed E-state index contributed by atoms with van der Waals surface area (Å²) in [6.45, 7) is 1.68. The van der Waals surface area contributed by atoms with Crippen LogP contribution in [-0.4, -0.2) is 24.2 Å². The molecule has 0 aliphatic rings. The van der Waals surface area contributed by atoms with Crippen molar-refractivity contribution in [2.24, 2.45) is 0 Å². The summed E-state index contributed by atoms with van der Waals surface area (Å²) < 4.78 is 25.3. The number of aromatic nitrogens is 2. The molecule has 5 nitrogen and oxygen atoms in total. The number of pyridine rings is 1. The summed E-state index contributed by atoms with van der Waals surface area (Å²) in [6, 6.07) is 10.4. The van der Waals surface area contributed by atoms with Crippen LogP contribution in [0.25, 0.3) is 33.1 Å². The summed E-state index contributed by atoms with van der Waals surface area (Å²) in [5.41, 5.74) is 3.12. The van der Waals surface area contributed by atoms with E-state index >= 15 is 0 Å². The Labute approximate surface area is 148 Å². The van der Waals surface area contributed by atoms with Crippen LogP contribution >= 0.6 is 0 Å². The second kappa shape index (κ2) is 5.91. The Kier molecular flexibility index (Phi) is 3.68. The van der Waals surface area contributed by atoms with Crippen molar-refractivity contribution in [3.63, 3.8) is 0 Å². The summed E-state index contributed by atoms with van der Waals surface area (Å²) in [5, 5.41) is 0.806. The van der Waals surface area contributed by atoms with Gasteiger partial charge in [-0.25, -0.2) is 4.39 Å². The molecular weight excluding hydrogens is 335 g/mol. The fourth-order valence-electron chi connectivity index (χ4n) is 3.32. The van der Waals surface area contributed by atoms with Gasteiger partial charge in [-0.3, -0.25) is 4.79 Å². The molecule has 2 heterocycles. The first-order chi connectivity index (χ1) is 12.5. The number of hydrogen-bond acceptors (Lipinski definition) is 3. The Morgan fingerprint density at radius 2 is 1.81 bits per heavy atom. The van der Waals surface area contributed by atoms with Crippen molar-refractivity contribution in [2.75, 3.05) is 14.2 Å². The van der Waals surface area contributed by atoms with Crippen molar-refractivity contribution < 1.29 is 13.9 Å². The van der Waals surface area contributed by atoms with Crippen LogP contribution in [0.3, 0.4) is 0 Å². The van der Waals surface area contributed by atoms with Gasteiger partial charge in [-0.05, 0) is 31.2 Å². The number of ether oxygens (including phenoxy) is 2. The molecule has 0 saturated carbocycles. The first-order valence-electron chi connectivity index (χ1n) is 8.10. The Bertz CT molecular complexity index is 1210. The molecule has 0 aliphatic heterocycles. The summed E-state index contributed by atoms with van der Waals surface area (Å²) >= 11 is 0. The van der Waals surface area contributed by atoms with Crippen LogP contribution in [0.5, 0.6) is 11.5 Å². The van der Waals surface area contributed by atoms with Gasteiger partial charge >= 0.3 is 0 Å². The molecule has 0 spiro atoms. The van der Waals surface area contributed by atoms with Gasteiger partial charge in [0.1, 0.15) is 5.75 Å². The van der Waals surface area contributed by atoms with E-state index in [4.69, 9.17) is 9.47 Å². The molecule has 0 unspecified atom stereocenters. The molecule has 0 amide bonds. The third-order valence-corrected chi connectivity index (χ3v) is 4.66.